The van der Waals surface area contributed by atoms with Crippen molar-refractivity contribution in [3.63, 3.8) is 0 Å². The number of hydrogen-bond acceptors (Lipinski definition) is 9. The summed E-state index contributed by atoms with van der Waals surface area (Å²) in [6, 6.07) is 5.82. The molecule has 1 aliphatic rings. The maximum absolute atomic E-state index is 12.9. The molecule has 2 N–H and O–H groups in total. The lowest BCUT2D eigenvalue weighted by atomic mass is 9.93. The van der Waals surface area contributed by atoms with Gasteiger partial charge in [-0.3, -0.25) is 14.8 Å². The summed E-state index contributed by atoms with van der Waals surface area (Å²) < 4.78 is 12.4. The third-order valence-electron chi connectivity index (χ3n) is 6.18. The fraction of sp³-hybridized carbons (Fsp3) is 0.385. The molecule has 1 amide bonds. The Labute approximate surface area is 214 Å². The molecule has 0 aromatic carbocycles. The number of carbonyl (C=O) groups is 1. The van der Waals surface area contributed by atoms with Crippen LogP contribution in [0.3, 0.4) is 0 Å². The van der Waals surface area contributed by atoms with Gasteiger partial charge >= 0.3 is 0 Å². The molecule has 11 nitrogen and oxygen atoms in total. The number of anilines is 2. The van der Waals surface area contributed by atoms with Gasteiger partial charge in [-0.25, -0.2) is 4.68 Å². The van der Waals surface area contributed by atoms with Gasteiger partial charge in [0, 0.05) is 54.9 Å². The van der Waals surface area contributed by atoms with Crippen LogP contribution >= 0.6 is 0 Å². The van der Waals surface area contributed by atoms with E-state index in [-0.39, 0.29) is 11.3 Å². The minimum absolute atomic E-state index is 0.213. The van der Waals surface area contributed by atoms with Crippen molar-refractivity contribution < 1.29 is 14.1 Å². The summed E-state index contributed by atoms with van der Waals surface area (Å²) in [5, 5.41) is 18.9. The molecule has 5 rings (SSSR count). The van der Waals surface area contributed by atoms with E-state index in [1.807, 2.05) is 33.8 Å². The molecule has 11 heteroatoms. The Kier molecular flexibility index (Phi) is 6.70. The van der Waals surface area contributed by atoms with Crippen molar-refractivity contribution in [1.29, 1.82) is 0 Å². The molecular weight excluding hydrogens is 472 g/mol. The number of carbonyl (C=O) groups excluding carboxylic acids is 1. The lowest BCUT2D eigenvalue weighted by Crippen LogP contribution is -2.27. The number of hydrogen-bond donors (Lipinski definition) is 2. The van der Waals surface area contributed by atoms with E-state index in [1.54, 1.807) is 35.4 Å². The molecule has 4 aromatic heterocycles. The maximum atomic E-state index is 12.9. The highest BCUT2D eigenvalue weighted by Gasteiger charge is 2.21. The van der Waals surface area contributed by atoms with Gasteiger partial charge in [-0.15, -0.1) is 5.10 Å². The van der Waals surface area contributed by atoms with Crippen LogP contribution in [0.2, 0.25) is 0 Å². The minimum Gasteiger partial charge on any atom is -0.381 e. The topological polar surface area (TPSA) is 133 Å². The zero-order valence-corrected chi connectivity index (χ0v) is 21.4. The summed E-state index contributed by atoms with van der Waals surface area (Å²) in [7, 11) is 0. The van der Waals surface area contributed by atoms with Crippen molar-refractivity contribution in [3.8, 4) is 16.9 Å². The van der Waals surface area contributed by atoms with Gasteiger partial charge in [0.05, 0.1) is 28.8 Å². The third-order valence-corrected chi connectivity index (χ3v) is 6.18. The van der Waals surface area contributed by atoms with Crippen LogP contribution in [0.15, 0.2) is 47.5 Å². The highest BCUT2D eigenvalue weighted by Crippen LogP contribution is 2.25. The zero-order chi connectivity index (χ0) is 26.0. The highest BCUT2D eigenvalue weighted by molar-refractivity contribution is 6.03. The SMILES string of the molecule is Cc1ncc(C(=O)Nc2cc(C(C)(C)C)on2)cc1-n1cc(-c2cncc(NC3CCOCC3)c2)nn1. The van der Waals surface area contributed by atoms with E-state index in [0.717, 1.165) is 37.3 Å². The molecule has 0 atom stereocenters. The van der Waals surface area contributed by atoms with Crippen LogP contribution in [0.4, 0.5) is 11.5 Å². The third kappa shape index (κ3) is 5.67. The summed E-state index contributed by atoms with van der Waals surface area (Å²) in [5.74, 6) is 0.683. The first kappa shape index (κ1) is 24.6. The molecule has 0 bridgehead atoms. The second kappa shape index (κ2) is 10.1. The second-order valence-corrected chi connectivity index (χ2v) is 10.2. The maximum Gasteiger partial charge on any atom is 0.258 e. The zero-order valence-electron chi connectivity index (χ0n) is 21.4. The molecule has 5 heterocycles. The Hall–Kier alpha value is -4.12. The van der Waals surface area contributed by atoms with Crippen molar-refractivity contribution in [2.45, 2.75) is 52.0 Å². The van der Waals surface area contributed by atoms with E-state index in [9.17, 15) is 4.79 Å². The molecule has 0 aliphatic carbocycles. The van der Waals surface area contributed by atoms with E-state index in [4.69, 9.17) is 9.26 Å². The lowest BCUT2D eigenvalue weighted by Gasteiger charge is -2.24. The molecule has 192 valence electrons. The van der Waals surface area contributed by atoms with Crippen LogP contribution in [0.25, 0.3) is 16.9 Å². The molecule has 0 radical (unpaired) electrons. The predicted molar refractivity (Wildman–Crippen MR) is 138 cm³/mol. The minimum atomic E-state index is -0.348. The Morgan fingerprint density at radius 3 is 2.68 bits per heavy atom. The Bertz CT molecular complexity index is 1400. The molecule has 0 spiro atoms. The molecule has 0 saturated carbocycles. The first-order valence-electron chi connectivity index (χ1n) is 12.2. The molecule has 37 heavy (non-hydrogen) atoms. The average molecular weight is 503 g/mol. The molecule has 1 saturated heterocycles. The van der Waals surface area contributed by atoms with Crippen molar-refractivity contribution in [2.75, 3.05) is 23.8 Å². The second-order valence-electron chi connectivity index (χ2n) is 10.2. The Morgan fingerprint density at radius 1 is 1.11 bits per heavy atom. The highest BCUT2D eigenvalue weighted by atomic mass is 16.5. The van der Waals surface area contributed by atoms with Crippen molar-refractivity contribution >= 4 is 17.4 Å². The van der Waals surface area contributed by atoms with Crippen LogP contribution in [0.1, 0.15) is 55.4 Å². The van der Waals surface area contributed by atoms with Crippen molar-refractivity contribution in [2.24, 2.45) is 0 Å². The van der Waals surface area contributed by atoms with Gasteiger partial charge in [-0.05, 0) is 31.9 Å². The van der Waals surface area contributed by atoms with Gasteiger partial charge < -0.3 is 19.9 Å². The van der Waals surface area contributed by atoms with Crippen molar-refractivity contribution in [3.05, 3.63) is 60.0 Å². The number of rotatable bonds is 6. The summed E-state index contributed by atoms with van der Waals surface area (Å²) in [6.45, 7) is 9.41. The van der Waals surface area contributed by atoms with E-state index in [1.165, 1.54) is 6.20 Å². The predicted octanol–water partition coefficient (Wildman–Crippen LogP) is 4.16. The Morgan fingerprint density at radius 2 is 1.92 bits per heavy atom. The van der Waals surface area contributed by atoms with Gasteiger partial charge in [0.15, 0.2) is 5.82 Å². The number of amides is 1. The number of nitrogens with one attached hydrogen (secondary N) is 2. The number of nitrogens with zero attached hydrogens (tertiary/aromatic N) is 6. The number of ether oxygens (including phenoxy) is 1. The number of pyridine rings is 2. The van der Waals surface area contributed by atoms with Crippen LogP contribution < -0.4 is 10.6 Å². The summed E-state index contributed by atoms with van der Waals surface area (Å²) in [6.07, 6.45) is 8.80. The molecule has 1 aliphatic heterocycles. The molecule has 0 unspecified atom stereocenters. The summed E-state index contributed by atoms with van der Waals surface area (Å²) in [4.78, 5) is 21.7. The fourth-order valence-corrected chi connectivity index (χ4v) is 4.00. The average Bonchev–Trinajstić information content (AvgIpc) is 3.55. The van der Waals surface area contributed by atoms with Gasteiger partial charge in [-0.1, -0.05) is 31.1 Å². The van der Waals surface area contributed by atoms with E-state index in [0.29, 0.717) is 40.3 Å². The summed E-state index contributed by atoms with van der Waals surface area (Å²) >= 11 is 0. The molecule has 1 fully saturated rings. The smallest absolute Gasteiger partial charge is 0.258 e. The van der Waals surface area contributed by atoms with E-state index < -0.39 is 0 Å². The van der Waals surface area contributed by atoms with Crippen LogP contribution in [-0.4, -0.2) is 55.3 Å². The largest absolute Gasteiger partial charge is 0.381 e. The van der Waals surface area contributed by atoms with Crippen molar-refractivity contribution in [1.82, 2.24) is 30.1 Å². The number of aromatic nitrogens is 6. The van der Waals surface area contributed by atoms with Gasteiger partial charge in [-0.2, -0.15) is 0 Å². The summed E-state index contributed by atoms with van der Waals surface area (Å²) in [5.41, 5.74) is 3.93. The fourth-order valence-electron chi connectivity index (χ4n) is 4.00. The number of aryl methyl sites for hydroxylation is 1. The van der Waals surface area contributed by atoms with E-state index >= 15 is 0 Å². The van der Waals surface area contributed by atoms with Crippen LogP contribution in [-0.2, 0) is 10.2 Å². The quantitative estimate of drug-likeness (QED) is 0.399. The first-order chi connectivity index (χ1) is 17.8. The monoisotopic (exact) mass is 502 g/mol. The first-order valence-corrected chi connectivity index (χ1v) is 12.2. The molecular formula is C26H30N8O3. The molecule has 4 aromatic rings. The van der Waals surface area contributed by atoms with Crippen LogP contribution in [0, 0.1) is 6.92 Å². The van der Waals surface area contributed by atoms with E-state index in [2.05, 4.69) is 36.1 Å². The lowest BCUT2D eigenvalue weighted by molar-refractivity contribution is 0.0904. The Balaban J connectivity index is 1.33. The van der Waals surface area contributed by atoms with Crippen LogP contribution in [0.5, 0.6) is 0 Å². The van der Waals surface area contributed by atoms with Gasteiger partial charge in [0.2, 0.25) is 0 Å². The van der Waals surface area contributed by atoms with Gasteiger partial charge in [0.25, 0.3) is 5.91 Å². The standard InChI is InChI=1S/C26H30N8O3/c1-16-22(10-18(13-28-16)25(35)30-24-11-23(37-32-24)26(2,3)4)34-15-21(31-33-34)17-9-20(14-27-12-17)29-19-5-7-36-8-6-19/h9-15,19,29H,5-8H2,1-4H3,(H,30,32,35). The normalized spacial score (nSPS) is 14.5. The van der Waals surface area contributed by atoms with Gasteiger partial charge in [0.1, 0.15) is 11.5 Å².